The van der Waals surface area contributed by atoms with Crippen molar-refractivity contribution in [1.29, 1.82) is 0 Å². The molecule has 0 bridgehead atoms. The molecule has 0 N–H and O–H groups in total. The number of pyridine rings is 1. The lowest BCUT2D eigenvalue weighted by atomic mass is 10.0. The number of hydrogen-bond donors (Lipinski definition) is 0. The van der Waals surface area contributed by atoms with Crippen LogP contribution in [0.4, 0.5) is 0 Å². The quantitative estimate of drug-likeness (QED) is 0.733. The average Bonchev–Trinajstić information content (AvgIpc) is 2.73. The molecule has 1 unspecified atom stereocenters. The van der Waals surface area contributed by atoms with Gasteiger partial charge in [-0.05, 0) is 44.7 Å². The molecule has 0 aliphatic carbocycles. The van der Waals surface area contributed by atoms with Crippen molar-refractivity contribution in [3.8, 4) is 0 Å². The van der Waals surface area contributed by atoms with Crippen LogP contribution in [0.3, 0.4) is 0 Å². The lowest BCUT2D eigenvalue weighted by molar-refractivity contribution is 0.436. The van der Waals surface area contributed by atoms with Gasteiger partial charge in [0.1, 0.15) is 11.3 Å². The second kappa shape index (κ2) is 6.57. The van der Waals surface area contributed by atoms with Crippen molar-refractivity contribution in [1.82, 2.24) is 14.5 Å². The summed E-state index contributed by atoms with van der Waals surface area (Å²) in [7, 11) is 0. The standard InChI is InChI=1S/C16H24ClN3/c1-11(2)5-7-13(4)20-15(9-10-17)19-14-8-6-12(3)18-16(14)20/h6,8,11,13H,5,7,9-10H2,1-4H3. The van der Waals surface area contributed by atoms with Crippen molar-refractivity contribution in [2.24, 2.45) is 5.92 Å². The number of aryl methyl sites for hydroxylation is 2. The van der Waals surface area contributed by atoms with Crippen LogP contribution < -0.4 is 0 Å². The van der Waals surface area contributed by atoms with Crippen LogP contribution in [-0.4, -0.2) is 20.4 Å². The van der Waals surface area contributed by atoms with Gasteiger partial charge < -0.3 is 4.57 Å². The van der Waals surface area contributed by atoms with Gasteiger partial charge in [0.05, 0.1) is 0 Å². The monoisotopic (exact) mass is 293 g/mol. The summed E-state index contributed by atoms with van der Waals surface area (Å²) in [5.74, 6) is 2.38. The SMILES string of the molecule is Cc1ccc2nc(CCCl)n(C(C)CCC(C)C)c2n1. The van der Waals surface area contributed by atoms with Crippen molar-refractivity contribution >= 4 is 22.8 Å². The van der Waals surface area contributed by atoms with Crippen molar-refractivity contribution < 1.29 is 0 Å². The summed E-state index contributed by atoms with van der Waals surface area (Å²) in [4.78, 5) is 9.39. The third-order valence-electron chi connectivity index (χ3n) is 3.67. The van der Waals surface area contributed by atoms with E-state index in [1.54, 1.807) is 0 Å². The molecule has 1 atom stereocenters. The molecule has 2 heterocycles. The Labute approximate surface area is 126 Å². The Bertz CT molecular complexity index is 574. The molecule has 0 fully saturated rings. The molecule has 0 saturated carbocycles. The topological polar surface area (TPSA) is 30.7 Å². The van der Waals surface area contributed by atoms with E-state index in [1.165, 1.54) is 6.42 Å². The van der Waals surface area contributed by atoms with Gasteiger partial charge in [-0.25, -0.2) is 9.97 Å². The highest BCUT2D eigenvalue weighted by Crippen LogP contribution is 2.25. The molecule has 0 spiro atoms. The molecule has 110 valence electrons. The van der Waals surface area contributed by atoms with Gasteiger partial charge in [0.15, 0.2) is 5.65 Å². The molecule has 2 aromatic heterocycles. The molecular weight excluding hydrogens is 270 g/mol. The highest BCUT2D eigenvalue weighted by molar-refractivity contribution is 6.17. The minimum absolute atomic E-state index is 0.412. The predicted octanol–water partition coefficient (Wildman–Crippen LogP) is 4.52. The zero-order valence-electron chi connectivity index (χ0n) is 12.9. The maximum Gasteiger partial charge on any atom is 0.160 e. The van der Waals surface area contributed by atoms with Crippen molar-refractivity contribution in [2.45, 2.75) is 53.0 Å². The number of alkyl halides is 1. The number of hydrogen-bond acceptors (Lipinski definition) is 2. The van der Waals surface area contributed by atoms with E-state index < -0.39 is 0 Å². The Hall–Kier alpha value is -1.09. The van der Waals surface area contributed by atoms with E-state index >= 15 is 0 Å². The third-order valence-corrected chi connectivity index (χ3v) is 3.86. The Kier molecular flexibility index (Phi) is 5.03. The van der Waals surface area contributed by atoms with E-state index in [4.69, 9.17) is 16.6 Å². The lowest BCUT2D eigenvalue weighted by Crippen LogP contribution is -2.11. The van der Waals surface area contributed by atoms with E-state index in [-0.39, 0.29) is 0 Å². The van der Waals surface area contributed by atoms with E-state index in [0.29, 0.717) is 11.9 Å². The summed E-state index contributed by atoms with van der Waals surface area (Å²) in [6.07, 6.45) is 3.16. The molecule has 2 aromatic rings. The Balaban J connectivity index is 2.41. The van der Waals surface area contributed by atoms with Gasteiger partial charge >= 0.3 is 0 Å². The second-order valence-corrected chi connectivity index (χ2v) is 6.33. The highest BCUT2D eigenvalue weighted by atomic mass is 35.5. The number of imidazole rings is 1. The summed E-state index contributed by atoms with van der Waals surface area (Å²) in [6.45, 7) is 8.81. The average molecular weight is 294 g/mol. The van der Waals surface area contributed by atoms with Crippen molar-refractivity contribution in [2.75, 3.05) is 5.88 Å². The minimum atomic E-state index is 0.412. The first-order valence-electron chi connectivity index (χ1n) is 7.43. The molecule has 0 radical (unpaired) electrons. The van der Waals surface area contributed by atoms with Gasteiger partial charge in [-0.1, -0.05) is 13.8 Å². The fourth-order valence-corrected chi connectivity index (χ4v) is 2.71. The Morgan fingerprint density at radius 3 is 2.55 bits per heavy atom. The highest BCUT2D eigenvalue weighted by Gasteiger charge is 2.17. The smallest absolute Gasteiger partial charge is 0.160 e. The second-order valence-electron chi connectivity index (χ2n) is 5.95. The first-order chi connectivity index (χ1) is 9.52. The van der Waals surface area contributed by atoms with Crippen LogP contribution in [0.2, 0.25) is 0 Å². The summed E-state index contributed by atoms with van der Waals surface area (Å²) >= 11 is 5.93. The third kappa shape index (κ3) is 3.32. The van der Waals surface area contributed by atoms with Crippen LogP contribution in [-0.2, 0) is 6.42 Å². The molecule has 0 amide bonds. The number of nitrogens with zero attached hydrogens (tertiary/aromatic N) is 3. The molecule has 2 rings (SSSR count). The van der Waals surface area contributed by atoms with Gasteiger partial charge in [0.2, 0.25) is 0 Å². The molecule has 0 saturated heterocycles. The molecule has 0 aliphatic rings. The molecular formula is C16H24ClN3. The predicted molar refractivity (Wildman–Crippen MR) is 85.5 cm³/mol. The summed E-state index contributed by atoms with van der Waals surface area (Å²) in [5, 5.41) is 0. The Morgan fingerprint density at radius 1 is 1.15 bits per heavy atom. The van der Waals surface area contributed by atoms with Crippen LogP contribution >= 0.6 is 11.6 Å². The summed E-state index contributed by atoms with van der Waals surface area (Å²) in [6, 6.07) is 4.49. The molecule has 3 nitrogen and oxygen atoms in total. The van der Waals surface area contributed by atoms with Gasteiger partial charge in [-0.15, -0.1) is 11.6 Å². The van der Waals surface area contributed by atoms with E-state index in [9.17, 15) is 0 Å². The normalized spacial score (nSPS) is 13.3. The molecule has 20 heavy (non-hydrogen) atoms. The van der Waals surface area contributed by atoms with Gasteiger partial charge in [0.25, 0.3) is 0 Å². The van der Waals surface area contributed by atoms with Gasteiger partial charge in [-0.3, -0.25) is 0 Å². The first-order valence-corrected chi connectivity index (χ1v) is 7.96. The van der Waals surface area contributed by atoms with E-state index in [1.807, 2.05) is 13.0 Å². The van der Waals surface area contributed by atoms with Crippen molar-refractivity contribution in [3.63, 3.8) is 0 Å². The number of aromatic nitrogens is 3. The van der Waals surface area contributed by atoms with Crippen LogP contribution in [0.1, 0.15) is 51.2 Å². The fraction of sp³-hybridized carbons (Fsp3) is 0.625. The van der Waals surface area contributed by atoms with Crippen LogP contribution in [0.25, 0.3) is 11.2 Å². The minimum Gasteiger partial charge on any atom is -0.310 e. The molecule has 0 aliphatic heterocycles. The van der Waals surface area contributed by atoms with E-state index in [0.717, 1.165) is 41.4 Å². The molecule has 0 aromatic carbocycles. The largest absolute Gasteiger partial charge is 0.310 e. The van der Waals surface area contributed by atoms with Crippen LogP contribution in [0, 0.1) is 12.8 Å². The fourth-order valence-electron chi connectivity index (χ4n) is 2.54. The van der Waals surface area contributed by atoms with E-state index in [2.05, 4.69) is 36.4 Å². The maximum absolute atomic E-state index is 5.93. The number of rotatable bonds is 6. The first kappa shape index (κ1) is 15.3. The zero-order chi connectivity index (χ0) is 14.7. The number of fused-ring (bicyclic) bond motifs is 1. The Morgan fingerprint density at radius 2 is 1.90 bits per heavy atom. The molecule has 4 heteroatoms. The zero-order valence-corrected chi connectivity index (χ0v) is 13.6. The summed E-state index contributed by atoms with van der Waals surface area (Å²) < 4.78 is 2.28. The maximum atomic E-state index is 5.93. The lowest BCUT2D eigenvalue weighted by Gasteiger charge is -2.18. The summed E-state index contributed by atoms with van der Waals surface area (Å²) in [5.41, 5.74) is 3.01. The van der Waals surface area contributed by atoms with Crippen LogP contribution in [0.15, 0.2) is 12.1 Å². The van der Waals surface area contributed by atoms with Gasteiger partial charge in [-0.2, -0.15) is 0 Å². The van der Waals surface area contributed by atoms with Gasteiger partial charge in [0, 0.05) is 24.0 Å². The van der Waals surface area contributed by atoms with Crippen molar-refractivity contribution in [3.05, 3.63) is 23.7 Å². The van der Waals surface area contributed by atoms with Crippen LogP contribution in [0.5, 0.6) is 0 Å². The number of halogens is 1.